The average molecular weight is 325 g/mol. The SMILES string of the molecule is NS(=O)(=O)c1ccc(C[n+]2ccc(-c3ccccc3)cc2)cc1. The molecule has 0 unspecified atom stereocenters. The number of nitrogens with two attached hydrogens (primary N) is 1. The second-order valence-corrected chi connectivity index (χ2v) is 6.88. The van der Waals surface area contributed by atoms with E-state index in [0.717, 1.165) is 11.1 Å². The first-order valence-corrected chi connectivity index (χ1v) is 8.73. The summed E-state index contributed by atoms with van der Waals surface area (Å²) in [6.07, 6.45) is 4.02. The zero-order valence-electron chi connectivity index (χ0n) is 12.5. The van der Waals surface area contributed by atoms with Gasteiger partial charge in [0.1, 0.15) is 0 Å². The summed E-state index contributed by atoms with van der Waals surface area (Å²) >= 11 is 0. The Bertz CT molecular complexity index is 888. The molecule has 4 nitrogen and oxygen atoms in total. The molecule has 0 amide bonds. The molecule has 0 saturated carbocycles. The second-order valence-electron chi connectivity index (χ2n) is 5.31. The van der Waals surface area contributed by atoms with Crippen LogP contribution in [0, 0.1) is 0 Å². The summed E-state index contributed by atoms with van der Waals surface area (Å²) in [6.45, 7) is 0.667. The van der Waals surface area contributed by atoms with Crippen LogP contribution in [0.4, 0.5) is 0 Å². The summed E-state index contributed by atoms with van der Waals surface area (Å²) in [5, 5.41) is 5.10. The largest absolute Gasteiger partial charge is 0.238 e. The predicted octanol–water partition coefficient (Wildman–Crippen LogP) is 2.34. The lowest BCUT2D eigenvalue weighted by atomic mass is 10.1. The number of sulfonamides is 1. The third-order valence-corrected chi connectivity index (χ3v) is 4.54. The molecule has 2 aromatic carbocycles. The molecule has 1 aromatic heterocycles. The van der Waals surface area contributed by atoms with Crippen LogP contribution in [0.15, 0.2) is 84.0 Å². The number of pyridine rings is 1. The van der Waals surface area contributed by atoms with Crippen molar-refractivity contribution < 1.29 is 13.0 Å². The highest BCUT2D eigenvalue weighted by atomic mass is 32.2. The first-order valence-electron chi connectivity index (χ1n) is 7.19. The van der Waals surface area contributed by atoms with Gasteiger partial charge >= 0.3 is 0 Å². The van der Waals surface area contributed by atoms with Gasteiger partial charge in [0, 0.05) is 17.7 Å². The average Bonchev–Trinajstić information content (AvgIpc) is 2.56. The number of hydrogen-bond donors (Lipinski definition) is 1. The third kappa shape index (κ3) is 3.83. The topological polar surface area (TPSA) is 64.0 Å². The molecule has 0 aliphatic rings. The number of benzene rings is 2. The Labute approximate surface area is 135 Å². The van der Waals surface area contributed by atoms with Gasteiger partial charge in [0.2, 0.25) is 10.0 Å². The first-order chi connectivity index (χ1) is 11.0. The Morgan fingerprint density at radius 2 is 1.35 bits per heavy atom. The number of rotatable bonds is 4. The predicted molar refractivity (Wildman–Crippen MR) is 89.0 cm³/mol. The van der Waals surface area contributed by atoms with E-state index in [1.807, 2.05) is 35.2 Å². The van der Waals surface area contributed by atoms with Crippen LogP contribution >= 0.6 is 0 Å². The number of nitrogens with zero attached hydrogens (tertiary/aromatic N) is 1. The molecule has 0 fully saturated rings. The minimum atomic E-state index is -3.64. The summed E-state index contributed by atoms with van der Waals surface area (Å²) < 4.78 is 24.5. The number of aromatic nitrogens is 1. The van der Waals surface area contributed by atoms with Crippen LogP contribution in [0.1, 0.15) is 5.56 Å². The first kappa shape index (κ1) is 15.4. The molecule has 0 radical (unpaired) electrons. The van der Waals surface area contributed by atoms with E-state index in [-0.39, 0.29) is 4.90 Å². The fourth-order valence-electron chi connectivity index (χ4n) is 2.38. The van der Waals surface area contributed by atoms with Crippen LogP contribution in [0.3, 0.4) is 0 Å². The Morgan fingerprint density at radius 1 is 0.783 bits per heavy atom. The summed E-state index contributed by atoms with van der Waals surface area (Å²) in [7, 11) is -3.64. The van der Waals surface area contributed by atoms with Crippen molar-refractivity contribution in [3.05, 3.63) is 84.7 Å². The smallest absolute Gasteiger partial charge is 0.225 e. The van der Waals surface area contributed by atoms with Gasteiger partial charge in [0.05, 0.1) is 4.90 Å². The molecule has 23 heavy (non-hydrogen) atoms. The Morgan fingerprint density at radius 3 is 1.91 bits per heavy atom. The van der Waals surface area contributed by atoms with E-state index in [0.29, 0.717) is 6.54 Å². The summed E-state index contributed by atoms with van der Waals surface area (Å²) in [5.74, 6) is 0. The molecule has 116 valence electrons. The lowest BCUT2D eigenvalue weighted by Crippen LogP contribution is -2.33. The monoisotopic (exact) mass is 325 g/mol. The van der Waals surface area contributed by atoms with E-state index >= 15 is 0 Å². The van der Waals surface area contributed by atoms with Crippen molar-refractivity contribution in [3.63, 3.8) is 0 Å². The summed E-state index contributed by atoms with van der Waals surface area (Å²) in [5.41, 5.74) is 3.35. The van der Waals surface area contributed by atoms with Crippen molar-refractivity contribution in [1.29, 1.82) is 0 Å². The van der Waals surface area contributed by atoms with Crippen LogP contribution < -0.4 is 9.71 Å². The molecule has 5 heteroatoms. The summed E-state index contributed by atoms with van der Waals surface area (Å²) in [4.78, 5) is 0.130. The maximum Gasteiger partial charge on any atom is 0.238 e. The van der Waals surface area contributed by atoms with Crippen molar-refractivity contribution >= 4 is 10.0 Å². The van der Waals surface area contributed by atoms with E-state index in [1.54, 1.807) is 12.1 Å². The Hall–Kier alpha value is -2.50. The van der Waals surface area contributed by atoms with Gasteiger partial charge in [-0.05, 0) is 23.3 Å². The molecule has 0 spiro atoms. The van der Waals surface area contributed by atoms with E-state index in [9.17, 15) is 8.42 Å². The summed E-state index contributed by atoms with van der Waals surface area (Å²) in [6, 6.07) is 20.9. The van der Waals surface area contributed by atoms with Crippen molar-refractivity contribution in [2.45, 2.75) is 11.4 Å². The van der Waals surface area contributed by atoms with Crippen molar-refractivity contribution in [2.75, 3.05) is 0 Å². The van der Waals surface area contributed by atoms with E-state index in [4.69, 9.17) is 5.14 Å². The fourth-order valence-corrected chi connectivity index (χ4v) is 2.90. The van der Waals surface area contributed by atoms with Gasteiger partial charge in [0.15, 0.2) is 18.9 Å². The molecule has 3 rings (SSSR count). The molecule has 2 N–H and O–H groups in total. The highest BCUT2D eigenvalue weighted by molar-refractivity contribution is 7.89. The van der Waals surface area contributed by atoms with Crippen LogP contribution in [0.5, 0.6) is 0 Å². The standard InChI is InChI=1S/C18H17N2O2S/c19-23(21,22)18-8-6-15(7-9-18)14-20-12-10-17(11-13-20)16-4-2-1-3-5-16/h1-13H,14H2,(H2,19,21,22)/q+1. The zero-order valence-corrected chi connectivity index (χ0v) is 13.3. The Kier molecular flexibility index (Phi) is 4.23. The molecular formula is C18H17N2O2S+. The minimum absolute atomic E-state index is 0.130. The molecule has 0 aliphatic heterocycles. The normalized spacial score (nSPS) is 11.3. The lowest BCUT2D eigenvalue weighted by molar-refractivity contribution is -0.688. The highest BCUT2D eigenvalue weighted by Gasteiger charge is 2.09. The molecule has 0 aliphatic carbocycles. The van der Waals surface area contributed by atoms with Gasteiger partial charge in [-0.25, -0.2) is 18.1 Å². The van der Waals surface area contributed by atoms with Gasteiger partial charge in [-0.2, -0.15) is 0 Å². The molecule has 0 bridgehead atoms. The maximum absolute atomic E-state index is 11.2. The van der Waals surface area contributed by atoms with Crippen molar-refractivity contribution in [1.82, 2.24) is 0 Å². The van der Waals surface area contributed by atoms with Gasteiger partial charge in [-0.1, -0.05) is 42.5 Å². The third-order valence-electron chi connectivity index (χ3n) is 3.62. The van der Waals surface area contributed by atoms with Crippen molar-refractivity contribution in [3.8, 4) is 11.1 Å². The van der Waals surface area contributed by atoms with Crippen LogP contribution in [0.2, 0.25) is 0 Å². The Balaban J connectivity index is 1.76. The number of hydrogen-bond acceptors (Lipinski definition) is 2. The minimum Gasteiger partial charge on any atom is -0.225 e. The van der Waals surface area contributed by atoms with Gasteiger partial charge in [-0.15, -0.1) is 0 Å². The van der Waals surface area contributed by atoms with Gasteiger partial charge in [-0.3, -0.25) is 0 Å². The zero-order chi connectivity index (χ0) is 16.3. The second kappa shape index (κ2) is 6.32. The molecule has 0 atom stereocenters. The maximum atomic E-state index is 11.2. The van der Waals surface area contributed by atoms with E-state index in [1.165, 1.54) is 17.7 Å². The lowest BCUT2D eigenvalue weighted by Gasteiger charge is -2.02. The molecule has 1 heterocycles. The highest BCUT2D eigenvalue weighted by Crippen LogP contribution is 2.16. The molecular weight excluding hydrogens is 308 g/mol. The fraction of sp³-hybridized carbons (Fsp3) is 0.0556. The molecule has 0 saturated heterocycles. The van der Waals surface area contributed by atoms with E-state index in [2.05, 4.69) is 24.3 Å². The van der Waals surface area contributed by atoms with Crippen molar-refractivity contribution in [2.24, 2.45) is 5.14 Å². The van der Waals surface area contributed by atoms with Gasteiger partial charge < -0.3 is 0 Å². The molecule has 3 aromatic rings. The van der Waals surface area contributed by atoms with E-state index < -0.39 is 10.0 Å². The quantitative estimate of drug-likeness (QED) is 0.748. The van der Waals surface area contributed by atoms with Gasteiger partial charge in [0.25, 0.3) is 0 Å². The van der Waals surface area contributed by atoms with Crippen LogP contribution in [-0.2, 0) is 16.6 Å². The number of primary sulfonamides is 1. The van der Waals surface area contributed by atoms with Crippen LogP contribution in [0.25, 0.3) is 11.1 Å². The van der Waals surface area contributed by atoms with Crippen LogP contribution in [-0.4, -0.2) is 8.42 Å².